The third kappa shape index (κ3) is 2.78. The molecular formula is C14H26N2O3. The van der Waals surface area contributed by atoms with Crippen molar-refractivity contribution >= 4 is 5.91 Å². The van der Waals surface area contributed by atoms with Gasteiger partial charge in [-0.05, 0) is 12.8 Å². The van der Waals surface area contributed by atoms with Gasteiger partial charge in [0.2, 0.25) is 5.91 Å². The van der Waals surface area contributed by atoms with E-state index in [2.05, 4.69) is 19.2 Å². The Bertz CT molecular complexity index is 329. The summed E-state index contributed by atoms with van der Waals surface area (Å²) in [7, 11) is 1.71. The van der Waals surface area contributed by atoms with E-state index in [4.69, 9.17) is 9.47 Å². The van der Waals surface area contributed by atoms with Crippen LogP contribution in [-0.2, 0) is 14.3 Å². The molecule has 4 unspecified atom stereocenters. The maximum Gasteiger partial charge on any atom is 0.241 e. The van der Waals surface area contributed by atoms with Gasteiger partial charge in [0.1, 0.15) is 5.60 Å². The van der Waals surface area contributed by atoms with Crippen LogP contribution in [-0.4, -0.2) is 55.5 Å². The summed E-state index contributed by atoms with van der Waals surface area (Å²) < 4.78 is 11.1. The largest absolute Gasteiger partial charge is 0.378 e. The van der Waals surface area contributed by atoms with Crippen LogP contribution in [0.2, 0.25) is 0 Å². The minimum absolute atomic E-state index is 0.0590. The first-order valence-corrected chi connectivity index (χ1v) is 7.22. The standard InChI is InChI=1S/C14H26N2O3/c1-5-10(2)12-13(17)16(11(3)15-12)8-14(18-4)6-7-19-9-14/h10-12,15H,5-9H2,1-4H3. The first-order valence-electron chi connectivity index (χ1n) is 7.22. The van der Waals surface area contributed by atoms with Gasteiger partial charge in [-0.25, -0.2) is 0 Å². The van der Waals surface area contributed by atoms with Crippen LogP contribution in [0.3, 0.4) is 0 Å². The summed E-state index contributed by atoms with van der Waals surface area (Å²) in [6.45, 7) is 8.19. The van der Waals surface area contributed by atoms with E-state index in [1.54, 1.807) is 7.11 Å². The van der Waals surface area contributed by atoms with Crippen molar-refractivity contribution in [3.8, 4) is 0 Å². The van der Waals surface area contributed by atoms with E-state index in [0.29, 0.717) is 25.7 Å². The van der Waals surface area contributed by atoms with E-state index < -0.39 is 0 Å². The van der Waals surface area contributed by atoms with E-state index in [1.165, 1.54) is 0 Å². The van der Waals surface area contributed by atoms with Crippen LogP contribution < -0.4 is 5.32 Å². The van der Waals surface area contributed by atoms with Crippen molar-refractivity contribution in [3.05, 3.63) is 0 Å². The Balaban J connectivity index is 2.06. The fraction of sp³-hybridized carbons (Fsp3) is 0.929. The van der Waals surface area contributed by atoms with Crippen molar-refractivity contribution in [2.75, 3.05) is 26.9 Å². The maximum absolute atomic E-state index is 12.5. The Morgan fingerprint density at radius 3 is 2.89 bits per heavy atom. The van der Waals surface area contributed by atoms with Crippen LogP contribution in [0.25, 0.3) is 0 Å². The minimum atomic E-state index is -0.323. The highest BCUT2D eigenvalue weighted by atomic mass is 16.5. The second-order valence-corrected chi connectivity index (χ2v) is 5.86. The van der Waals surface area contributed by atoms with Crippen molar-refractivity contribution in [1.29, 1.82) is 0 Å². The highest BCUT2D eigenvalue weighted by Crippen LogP contribution is 2.27. The molecular weight excluding hydrogens is 244 g/mol. The monoisotopic (exact) mass is 270 g/mol. The van der Waals surface area contributed by atoms with Gasteiger partial charge < -0.3 is 14.4 Å². The molecule has 5 heteroatoms. The van der Waals surface area contributed by atoms with Crippen molar-refractivity contribution < 1.29 is 14.3 Å². The summed E-state index contributed by atoms with van der Waals surface area (Å²) in [6.07, 6.45) is 1.93. The fourth-order valence-corrected chi connectivity index (χ4v) is 2.90. The lowest BCUT2D eigenvalue weighted by molar-refractivity contribution is -0.135. The second kappa shape index (κ2) is 5.77. The molecule has 0 radical (unpaired) electrons. The molecule has 19 heavy (non-hydrogen) atoms. The SMILES string of the molecule is CCC(C)C1NC(C)N(CC2(OC)CCOC2)C1=O. The number of nitrogens with one attached hydrogen (secondary N) is 1. The van der Waals surface area contributed by atoms with E-state index in [9.17, 15) is 4.79 Å². The fourth-order valence-electron chi connectivity index (χ4n) is 2.90. The molecule has 0 bridgehead atoms. The van der Waals surface area contributed by atoms with E-state index in [-0.39, 0.29) is 23.7 Å². The van der Waals surface area contributed by atoms with E-state index >= 15 is 0 Å². The maximum atomic E-state index is 12.5. The molecule has 0 aromatic carbocycles. The second-order valence-electron chi connectivity index (χ2n) is 5.86. The predicted octanol–water partition coefficient (Wildman–Crippen LogP) is 0.984. The number of nitrogens with zero attached hydrogens (tertiary/aromatic N) is 1. The number of hydrogen-bond donors (Lipinski definition) is 1. The molecule has 0 aromatic heterocycles. The molecule has 0 spiro atoms. The first kappa shape index (κ1) is 14.8. The molecule has 5 nitrogen and oxygen atoms in total. The van der Waals surface area contributed by atoms with Crippen LogP contribution in [0.5, 0.6) is 0 Å². The lowest BCUT2D eigenvalue weighted by atomic mass is 9.98. The quantitative estimate of drug-likeness (QED) is 0.809. The van der Waals surface area contributed by atoms with Crippen LogP contribution in [0.1, 0.15) is 33.6 Å². The van der Waals surface area contributed by atoms with Crippen LogP contribution in [0, 0.1) is 5.92 Å². The Labute approximate surface area is 115 Å². The molecule has 110 valence electrons. The van der Waals surface area contributed by atoms with Gasteiger partial charge in [-0.15, -0.1) is 0 Å². The summed E-state index contributed by atoms with van der Waals surface area (Å²) in [5.41, 5.74) is -0.323. The zero-order valence-corrected chi connectivity index (χ0v) is 12.4. The van der Waals surface area contributed by atoms with E-state index in [1.807, 2.05) is 11.8 Å². The molecule has 4 atom stereocenters. The highest BCUT2D eigenvalue weighted by Gasteiger charge is 2.45. The molecule has 1 amide bonds. The number of carbonyl (C=O) groups excluding carboxylic acids is 1. The van der Waals surface area contributed by atoms with Gasteiger partial charge in [-0.3, -0.25) is 10.1 Å². The number of rotatable bonds is 5. The van der Waals surface area contributed by atoms with Gasteiger partial charge in [0, 0.05) is 20.1 Å². The molecule has 2 saturated heterocycles. The molecule has 0 aromatic rings. The molecule has 2 aliphatic rings. The topological polar surface area (TPSA) is 50.8 Å². The van der Waals surface area contributed by atoms with Gasteiger partial charge in [-0.2, -0.15) is 0 Å². The highest BCUT2D eigenvalue weighted by molar-refractivity contribution is 5.84. The third-order valence-corrected chi connectivity index (χ3v) is 4.61. The number of carbonyl (C=O) groups is 1. The Kier molecular flexibility index (Phi) is 4.48. The zero-order valence-electron chi connectivity index (χ0n) is 12.4. The zero-order chi connectivity index (χ0) is 14.0. The number of ether oxygens (including phenoxy) is 2. The molecule has 2 heterocycles. The molecule has 2 aliphatic heterocycles. The Morgan fingerprint density at radius 2 is 2.37 bits per heavy atom. The third-order valence-electron chi connectivity index (χ3n) is 4.61. The van der Waals surface area contributed by atoms with Crippen molar-refractivity contribution in [3.63, 3.8) is 0 Å². The number of hydrogen-bond acceptors (Lipinski definition) is 4. The average molecular weight is 270 g/mol. The van der Waals surface area contributed by atoms with Gasteiger partial charge in [-0.1, -0.05) is 20.3 Å². The minimum Gasteiger partial charge on any atom is -0.378 e. The lowest BCUT2D eigenvalue weighted by Gasteiger charge is -2.32. The average Bonchev–Trinajstić information content (AvgIpc) is 2.99. The summed E-state index contributed by atoms with van der Waals surface area (Å²) in [6, 6.07) is -0.0590. The summed E-state index contributed by atoms with van der Waals surface area (Å²) >= 11 is 0. The summed E-state index contributed by atoms with van der Waals surface area (Å²) in [4.78, 5) is 14.4. The molecule has 0 aliphatic carbocycles. The van der Waals surface area contributed by atoms with E-state index in [0.717, 1.165) is 12.8 Å². The summed E-state index contributed by atoms with van der Waals surface area (Å²) in [5.74, 6) is 0.559. The number of amides is 1. The van der Waals surface area contributed by atoms with Crippen LogP contribution in [0.15, 0.2) is 0 Å². The molecule has 2 fully saturated rings. The molecule has 2 rings (SSSR count). The van der Waals surface area contributed by atoms with Gasteiger partial charge in [0.05, 0.1) is 25.4 Å². The van der Waals surface area contributed by atoms with Crippen molar-refractivity contribution in [2.24, 2.45) is 5.92 Å². The lowest BCUT2D eigenvalue weighted by Crippen LogP contribution is -2.49. The Hall–Kier alpha value is -0.650. The molecule has 0 saturated carbocycles. The predicted molar refractivity (Wildman–Crippen MR) is 72.7 cm³/mol. The van der Waals surface area contributed by atoms with Gasteiger partial charge in [0.15, 0.2) is 0 Å². The summed E-state index contributed by atoms with van der Waals surface area (Å²) in [5, 5.41) is 3.40. The van der Waals surface area contributed by atoms with Gasteiger partial charge in [0.25, 0.3) is 0 Å². The first-order chi connectivity index (χ1) is 9.03. The van der Waals surface area contributed by atoms with Crippen LogP contribution >= 0.6 is 0 Å². The van der Waals surface area contributed by atoms with Crippen molar-refractivity contribution in [1.82, 2.24) is 10.2 Å². The number of methoxy groups -OCH3 is 1. The van der Waals surface area contributed by atoms with Crippen LogP contribution in [0.4, 0.5) is 0 Å². The van der Waals surface area contributed by atoms with Gasteiger partial charge >= 0.3 is 0 Å². The molecule has 1 N–H and O–H groups in total. The van der Waals surface area contributed by atoms with Crippen molar-refractivity contribution in [2.45, 2.75) is 51.4 Å². The smallest absolute Gasteiger partial charge is 0.241 e. The normalized spacial score (nSPS) is 37.1. The Morgan fingerprint density at radius 1 is 1.63 bits per heavy atom.